The third-order valence-electron chi connectivity index (χ3n) is 6.68. The highest BCUT2D eigenvalue weighted by molar-refractivity contribution is 9.10. The van der Waals surface area contributed by atoms with Crippen LogP contribution in [0.3, 0.4) is 0 Å². The maximum atomic E-state index is 14.3. The van der Waals surface area contributed by atoms with E-state index >= 15 is 0 Å². The van der Waals surface area contributed by atoms with Crippen LogP contribution in [0, 0.1) is 12.7 Å². The minimum absolute atomic E-state index is 0.0140. The van der Waals surface area contributed by atoms with Gasteiger partial charge in [-0.3, -0.25) is 9.48 Å². The van der Waals surface area contributed by atoms with Gasteiger partial charge in [-0.15, -0.1) is 5.10 Å². The van der Waals surface area contributed by atoms with Crippen LogP contribution in [0.1, 0.15) is 39.0 Å². The Morgan fingerprint density at radius 1 is 1.15 bits per heavy atom. The monoisotopic (exact) mass is 609 g/mol. The molecule has 1 saturated heterocycles. The molecule has 3 aromatic heterocycles. The van der Waals surface area contributed by atoms with Crippen LogP contribution in [0.15, 0.2) is 70.1 Å². The van der Waals surface area contributed by atoms with Crippen molar-refractivity contribution in [2.24, 2.45) is 0 Å². The van der Waals surface area contributed by atoms with Crippen molar-refractivity contribution in [3.63, 3.8) is 0 Å². The zero-order valence-corrected chi connectivity index (χ0v) is 23.1. The lowest BCUT2D eigenvalue weighted by molar-refractivity contribution is 0.0579. The summed E-state index contributed by atoms with van der Waals surface area (Å²) < 4.78 is 24.3. The second-order valence-electron chi connectivity index (χ2n) is 9.45. The minimum Gasteiger partial charge on any atom is -0.448 e. The van der Waals surface area contributed by atoms with E-state index in [9.17, 15) is 9.18 Å². The summed E-state index contributed by atoms with van der Waals surface area (Å²) in [5.41, 5.74) is 3.77. The Labute approximate surface area is 236 Å². The second kappa shape index (κ2) is 10.4. The van der Waals surface area contributed by atoms with Crippen LogP contribution in [0.2, 0.25) is 5.02 Å². The zero-order chi connectivity index (χ0) is 27.1. The van der Waals surface area contributed by atoms with E-state index in [1.807, 2.05) is 31.2 Å². The number of nitrogens with zero attached hydrogens (tertiary/aromatic N) is 7. The zero-order valence-electron chi connectivity index (χ0n) is 20.8. The van der Waals surface area contributed by atoms with Gasteiger partial charge in [0.25, 0.3) is 5.91 Å². The van der Waals surface area contributed by atoms with E-state index in [0.717, 1.165) is 10.0 Å². The Morgan fingerprint density at radius 3 is 2.79 bits per heavy atom. The first-order valence-electron chi connectivity index (χ1n) is 12.2. The summed E-state index contributed by atoms with van der Waals surface area (Å²) in [5.74, 6) is 0.192. The van der Waals surface area contributed by atoms with Crippen molar-refractivity contribution in [3.8, 4) is 11.3 Å². The first-order chi connectivity index (χ1) is 18.8. The average molecular weight is 611 g/mol. The molecule has 0 saturated carbocycles. The van der Waals surface area contributed by atoms with Crippen molar-refractivity contribution in [2.45, 2.75) is 25.9 Å². The summed E-state index contributed by atoms with van der Waals surface area (Å²) in [7, 11) is 0. The van der Waals surface area contributed by atoms with Crippen LogP contribution in [-0.4, -0.2) is 53.7 Å². The van der Waals surface area contributed by atoms with Gasteiger partial charge in [0.1, 0.15) is 23.0 Å². The molecule has 0 atom stereocenters. The van der Waals surface area contributed by atoms with Gasteiger partial charge in [0.05, 0.1) is 36.5 Å². The van der Waals surface area contributed by atoms with E-state index in [1.54, 1.807) is 38.8 Å². The number of carbonyl (C=O) groups is 1. The summed E-state index contributed by atoms with van der Waals surface area (Å²) in [5, 5.41) is 13.1. The Kier molecular flexibility index (Phi) is 6.78. The molecule has 0 bridgehead atoms. The quantitative estimate of drug-likeness (QED) is 0.247. The Balaban J connectivity index is 1.10. The second-order valence-corrected chi connectivity index (χ2v) is 10.8. The van der Waals surface area contributed by atoms with E-state index in [-0.39, 0.29) is 11.8 Å². The third-order valence-corrected chi connectivity index (χ3v) is 7.41. The van der Waals surface area contributed by atoms with Crippen molar-refractivity contribution < 1.29 is 13.6 Å². The Morgan fingerprint density at radius 2 is 2.00 bits per heavy atom. The molecule has 0 spiro atoms. The molecule has 0 unspecified atom stereocenters. The van der Waals surface area contributed by atoms with Gasteiger partial charge in [0, 0.05) is 34.3 Å². The van der Waals surface area contributed by atoms with Crippen LogP contribution >= 0.6 is 27.5 Å². The molecule has 2 aromatic carbocycles. The lowest BCUT2D eigenvalue weighted by Crippen LogP contribution is -2.48. The molecule has 198 valence electrons. The lowest BCUT2D eigenvalue weighted by Gasteiger charge is -2.38. The van der Waals surface area contributed by atoms with Gasteiger partial charge in [-0.2, -0.15) is 5.10 Å². The van der Waals surface area contributed by atoms with Crippen LogP contribution in [0.4, 0.5) is 4.39 Å². The summed E-state index contributed by atoms with van der Waals surface area (Å²) in [6.45, 7) is 3.75. The molecule has 6 rings (SSSR count). The van der Waals surface area contributed by atoms with Crippen molar-refractivity contribution in [3.05, 3.63) is 105 Å². The number of aryl methyl sites for hydroxylation is 1. The highest BCUT2D eigenvalue weighted by Crippen LogP contribution is 2.31. The molecule has 9 nitrogen and oxygen atoms in total. The molecule has 1 amide bonds. The Bertz CT molecular complexity index is 1670. The van der Waals surface area contributed by atoms with Crippen molar-refractivity contribution >= 4 is 33.4 Å². The minimum atomic E-state index is -0.468. The van der Waals surface area contributed by atoms with Gasteiger partial charge in [0.2, 0.25) is 0 Å². The molecular weight excluding hydrogens is 589 g/mol. The van der Waals surface area contributed by atoms with E-state index in [4.69, 9.17) is 16.0 Å². The smallest absolute Gasteiger partial charge is 0.257 e. The molecular formula is C27H22BrClFN7O2. The fourth-order valence-electron chi connectivity index (χ4n) is 4.69. The maximum absolute atomic E-state index is 14.3. The Hall–Kier alpha value is -3.83. The fraction of sp³-hybridized carbons (Fsp3) is 0.222. The average Bonchev–Trinajstić information content (AvgIpc) is 3.59. The number of oxazole rings is 1. The molecule has 0 aliphatic carbocycles. The maximum Gasteiger partial charge on any atom is 0.257 e. The highest BCUT2D eigenvalue weighted by atomic mass is 79.9. The van der Waals surface area contributed by atoms with Gasteiger partial charge in [-0.1, -0.05) is 44.9 Å². The van der Waals surface area contributed by atoms with Crippen molar-refractivity contribution in [1.82, 2.24) is 34.7 Å². The molecule has 0 radical (unpaired) electrons. The van der Waals surface area contributed by atoms with Crippen LogP contribution in [0.25, 0.3) is 11.3 Å². The summed E-state index contributed by atoms with van der Waals surface area (Å²) in [6, 6.07) is 12.4. The lowest BCUT2D eigenvalue weighted by atomic mass is 9.95. The molecule has 4 heterocycles. The molecule has 5 aromatic rings. The van der Waals surface area contributed by atoms with Crippen LogP contribution < -0.4 is 0 Å². The van der Waals surface area contributed by atoms with E-state index in [1.165, 1.54) is 12.5 Å². The number of hydrogen-bond donors (Lipinski definition) is 0. The number of carbonyl (C=O) groups excluding carboxylic acids is 1. The molecule has 0 N–H and O–H groups in total. The van der Waals surface area contributed by atoms with Crippen LogP contribution in [0.5, 0.6) is 0 Å². The normalized spacial score (nSPS) is 13.6. The molecule has 1 fully saturated rings. The summed E-state index contributed by atoms with van der Waals surface area (Å²) >= 11 is 9.34. The van der Waals surface area contributed by atoms with Gasteiger partial charge in [-0.25, -0.2) is 14.1 Å². The van der Waals surface area contributed by atoms with Gasteiger partial charge >= 0.3 is 0 Å². The predicted molar refractivity (Wildman–Crippen MR) is 145 cm³/mol. The molecule has 12 heteroatoms. The number of halogens is 3. The first-order valence-corrected chi connectivity index (χ1v) is 13.4. The number of rotatable bonds is 7. The third kappa shape index (κ3) is 5.24. The van der Waals surface area contributed by atoms with Gasteiger partial charge in [-0.05, 0) is 42.8 Å². The van der Waals surface area contributed by atoms with E-state index in [0.29, 0.717) is 65.2 Å². The molecule has 1 aliphatic rings. The number of aromatic nitrogens is 6. The van der Waals surface area contributed by atoms with Gasteiger partial charge in [0.15, 0.2) is 6.39 Å². The van der Waals surface area contributed by atoms with Crippen LogP contribution in [-0.2, 0) is 13.1 Å². The topological polar surface area (TPSA) is 94.9 Å². The number of benzene rings is 2. The fourth-order valence-corrected chi connectivity index (χ4v) is 5.30. The largest absolute Gasteiger partial charge is 0.448 e. The SMILES string of the molecule is Cc1nn(Cc2cccc(Br)c2)cc1C(=O)N1CC(c2ocnc2Cn2cc(-c3ccc(Cl)cc3F)nn2)C1. The summed E-state index contributed by atoms with van der Waals surface area (Å²) in [6.07, 6.45) is 4.84. The standard InChI is InChI=1S/C27H22BrClFN7O2/c1-16-22(12-36(33-16)9-17-3-2-4-19(28)7-17)27(38)35-10-18(11-35)26-25(31-15-39-26)14-37-13-24(32-34-37)21-6-5-20(29)8-23(21)30/h2-8,12-13,15,18H,9-11,14H2,1H3. The predicted octanol–water partition coefficient (Wildman–Crippen LogP) is 5.33. The molecule has 1 aliphatic heterocycles. The number of hydrogen-bond acceptors (Lipinski definition) is 6. The number of amides is 1. The van der Waals surface area contributed by atoms with Crippen molar-refractivity contribution in [1.29, 1.82) is 0 Å². The van der Waals surface area contributed by atoms with Crippen molar-refractivity contribution in [2.75, 3.05) is 13.1 Å². The van der Waals surface area contributed by atoms with E-state index in [2.05, 4.69) is 36.3 Å². The number of likely N-dealkylation sites (tertiary alicyclic amines) is 1. The highest BCUT2D eigenvalue weighted by Gasteiger charge is 2.37. The summed E-state index contributed by atoms with van der Waals surface area (Å²) in [4.78, 5) is 19.3. The van der Waals surface area contributed by atoms with E-state index < -0.39 is 5.82 Å². The first kappa shape index (κ1) is 25.4. The van der Waals surface area contributed by atoms with Gasteiger partial charge < -0.3 is 9.32 Å². The molecule has 39 heavy (non-hydrogen) atoms.